The Balaban J connectivity index is 1.31. The Bertz CT molecular complexity index is 3150. The van der Waals surface area contributed by atoms with Gasteiger partial charge in [0.15, 0.2) is 0 Å². The Hall–Kier alpha value is -7.81. The van der Waals surface area contributed by atoms with Crippen molar-refractivity contribution >= 4 is 91.0 Å². The Morgan fingerprint density at radius 1 is 0.271 bits per heavy atom. The molecule has 9 aromatic rings. The van der Waals surface area contributed by atoms with Crippen molar-refractivity contribution in [2.75, 3.05) is 9.80 Å². The first-order valence-corrected chi connectivity index (χ1v) is 37.2. The number of phenolic OH excluding ortho intramolecular Hbond substituents is 10. The third-order valence-corrected chi connectivity index (χ3v) is 21.5. The van der Waals surface area contributed by atoms with E-state index in [0.717, 1.165) is 44.3 Å². The van der Waals surface area contributed by atoms with Crippen molar-refractivity contribution in [2.24, 2.45) is 0 Å². The summed E-state index contributed by atoms with van der Waals surface area (Å²) in [6.45, 7) is 0. The maximum absolute atomic E-state index is 10.9. The van der Waals surface area contributed by atoms with Crippen molar-refractivity contribution < 1.29 is 51.1 Å². The second kappa shape index (κ2) is 17.6. The fraction of sp³-hybridized carbons (Fsp3) is 0.107. The Labute approximate surface area is 409 Å². The fourth-order valence-electron chi connectivity index (χ4n) is 9.07. The van der Waals surface area contributed by atoms with Gasteiger partial charge >= 0.3 is 370 Å². The van der Waals surface area contributed by atoms with Gasteiger partial charge in [-0.05, 0) is 0 Å². The van der Waals surface area contributed by atoms with Crippen molar-refractivity contribution in [3.05, 3.63) is 146 Å². The van der Waals surface area contributed by atoms with Crippen molar-refractivity contribution in [1.82, 2.24) is 0 Å². The molecule has 9 rings (SSSR count). The van der Waals surface area contributed by atoms with Crippen LogP contribution in [0.4, 0.5) is 34.1 Å². The van der Waals surface area contributed by atoms with Gasteiger partial charge in [-0.15, -0.1) is 0 Å². The van der Waals surface area contributed by atoms with Gasteiger partial charge in [0.2, 0.25) is 11.5 Å². The molecule has 0 spiro atoms. The molecule has 354 valence electrons. The van der Waals surface area contributed by atoms with E-state index in [1.54, 1.807) is 24.3 Å². The number of rotatable bonds is 10. The van der Waals surface area contributed by atoms with Crippen LogP contribution in [0.1, 0.15) is 0 Å². The van der Waals surface area contributed by atoms with E-state index < -0.39 is 84.0 Å². The topological polar surface area (TPSA) is 209 Å². The molecule has 0 saturated heterocycles. The zero-order valence-corrected chi connectivity index (χ0v) is 43.4. The molecule has 12 nitrogen and oxygen atoms in total. The number of hydrogen-bond acceptors (Lipinski definition) is 12. The summed E-state index contributed by atoms with van der Waals surface area (Å²) in [5.74, 6) is 4.91. The first-order chi connectivity index (χ1) is 33.2. The summed E-state index contributed by atoms with van der Waals surface area (Å²) in [7, 11) is 0. The summed E-state index contributed by atoms with van der Waals surface area (Å²) in [5.41, 5.74) is 4.82. The predicted octanol–water partition coefficient (Wildman–Crippen LogP) is 12.4. The standard InChI is InChI=1S/C56H52Ge2N2O10/c1-57(2,3)33-19-27-37(28-20-33)59(35-23-15-31(16-24-35)43-47(61)51(65)55(69)52(66)48(43)62)45-39-11-7-9-13-41(39)46(42-14-10-8-12-40(42)45)60(38-29-21-34(22-30-38)58(4,5)6)36-25-17-32(18-26-36)44-49(63)53(67)56(70)54(68)50(44)64/h7-30,61-70H,1-6H3. The zero-order chi connectivity index (χ0) is 50.1. The van der Waals surface area contributed by atoms with Crippen LogP contribution in [-0.4, -0.2) is 77.6 Å². The number of anilines is 6. The molecule has 0 aliphatic rings. The number of fused-ring (bicyclic) bond motifs is 2. The molecule has 0 aromatic heterocycles. The van der Waals surface area contributed by atoms with Crippen LogP contribution in [0.25, 0.3) is 43.8 Å². The van der Waals surface area contributed by atoms with Gasteiger partial charge in [0.25, 0.3) is 0 Å². The van der Waals surface area contributed by atoms with Gasteiger partial charge in [-0.3, -0.25) is 0 Å². The van der Waals surface area contributed by atoms with E-state index in [2.05, 4.69) is 117 Å². The molecule has 0 heterocycles. The number of phenols is 10. The molecule has 0 saturated carbocycles. The third kappa shape index (κ3) is 8.01. The summed E-state index contributed by atoms with van der Waals surface area (Å²) in [6, 6.07) is 47.3. The molecule has 0 atom stereocenters. The molecule has 14 heteroatoms. The van der Waals surface area contributed by atoms with Gasteiger partial charge in [0, 0.05) is 0 Å². The van der Waals surface area contributed by atoms with E-state index in [1.165, 1.54) is 8.79 Å². The molecule has 10 N–H and O–H groups in total. The normalized spacial score (nSPS) is 11.9. The molecule has 0 radical (unpaired) electrons. The molecule has 9 aromatic carbocycles. The van der Waals surface area contributed by atoms with Crippen LogP contribution in [-0.2, 0) is 0 Å². The summed E-state index contributed by atoms with van der Waals surface area (Å²) in [4.78, 5) is 4.32. The molecule has 0 fully saturated rings. The van der Waals surface area contributed by atoms with Gasteiger partial charge in [0.05, 0.1) is 0 Å². The minimum absolute atomic E-state index is 0.257. The van der Waals surface area contributed by atoms with Crippen LogP contribution in [0.15, 0.2) is 146 Å². The average molecular weight is 1060 g/mol. The van der Waals surface area contributed by atoms with Crippen LogP contribution >= 0.6 is 0 Å². The number of aromatic hydroxyl groups is 10. The van der Waals surface area contributed by atoms with Crippen LogP contribution in [0.5, 0.6) is 57.5 Å². The molecule has 0 bridgehead atoms. The Kier molecular flexibility index (Phi) is 11.9. The van der Waals surface area contributed by atoms with Gasteiger partial charge in [-0.2, -0.15) is 0 Å². The molecule has 0 aliphatic heterocycles. The Morgan fingerprint density at radius 3 is 0.714 bits per heavy atom. The van der Waals surface area contributed by atoms with E-state index in [-0.39, 0.29) is 22.3 Å². The third-order valence-electron chi connectivity index (χ3n) is 12.9. The minimum atomic E-state index is -2.28. The van der Waals surface area contributed by atoms with E-state index in [4.69, 9.17) is 0 Å². The van der Waals surface area contributed by atoms with Crippen molar-refractivity contribution in [1.29, 1.82) is 0 Å². The number of benzene rings is 9. The van der Waals surface area contributed by atoms with E-state index >= 15 is 0 Å². The summed E-state index contributed by atoms with van der Waals surface area (Å²) in [6.07, 6.45) is 0. The summed E-state index contributed by atoms with van der Waals surface area (Å²) >= 11 is -4.56. The van der Waals surface area contributed by atoms with E-state index in [0.29, 0.717) is 11.4 Å². The quantitative estimate of drug-likeness (QED) is 0.0204. The first-order valence-electron chi connectivity index (χ1n) is 22.5. The van der Waals surface area contributed by atoms with Crippen molar-refractivity contribution in [2.45, 2.75) is 34.5 Å². The summed E-state index contributed by atoms with van der Waals surface area (Å²) < 4.78 is 2.63. The van der Waals surface area contributed by atoms with Gasteiger partial charge < -0.3 is 30.6 Å². The monoisotopic (exact) mass is 1060 g/mol. The van der Waals surface area contributed by atoms with Gasteiger partial charge in [-0.25, -0.2) is 0 Å². The second-order valence-corrected chi connectivity index (χ2v) is 40.7. The zero-order valence-electron chi connectivity index (χ0n) is 39.2. The molecular formula is C56H52Ge2N2O10. The molecule has 0 aliphatic carbocycles. The van der Waals surface area contributed by atoms with E-state index in [1.807, 2.05) is 48.5 Å². The van der Waals surface area contributed by atoms with Gasteiger partial charge in [-0.1, -0.05) is 0 Å². The molecule has 70 heavy (non-hydrogen) atoms. The van der Waals surface area contributed by atoms with Crippen LogP contribution < -0.4 is 18.6 Å². The van der Waals surface area contributed by atoms with Crippen molar-refractivity contribution in [3.8, 4) is 79.7 Å². The summed E-state index contributed by atoms with van der Waals surface area (Å²) in [5, 5.41) is 109. The van der Waals surface area contributed by atoms with Gasteiger partial charge in [0.1, 0.15) is 0 Å². The molecule has 0 unspecified atom stereocenters. The van der Waals surface area contributed by atoms with Crippen LogP contribution in [0.3, 0.4) is 0 Å². The van der Waals surface area contributed by atoms with E-state index in [9.17, 15) is 51.1 Å². The molecular weight excluding hydrogens is 1010 g/mol. The SMILES string of the molecule is [CH3][Ge]([CH3])([CH3])[c]1ccc(N(c2ccc(-c3c(O)c(O)c(O)c(O)c3O)cc2)c2c3ccccc3c(N(c3ccc(-c4c(O)c(O)c(O)c(O)c4O)cc3)c3cc[c]([Ge]([CH3])([CH3])[CH3])cc3)c3ccccc23)cc1. The average Bonchev–Trinajstić information content (AvgIpc) is 3.35. The van der Waals surface area contributed by atoms with Crippen LogP contribution in [0.2, 0.25) is 34.5 Å². The first kappa shape index (κ1) is 47.3. The maximum atomic E-state index is 10.9. The fourth-order valence-corrected chi connectivity index (χ4v) is 14.0. The number of nitrogens with zero attached hydrogens (tertiary/aromatic N) is 2. The van der Waals surface area contributed by atoms with Crippen LogP contribution in [0, 0.1) is 0 Å². The Morgan fingerprint density at radius 2 is 0.486 bits per heavy atom. The number of hydrogen-bond donors (Lipinski definition) is 10. The predicted molar refractivity (Wildman–Crippen MR) is 284 cm³/mol. The second-order valence-electron chi connectivity index (χ2n) is 19.4. The molecule has 0 amide bonds. The van der Waals surface area contributed by atoms with Crippen molar-refractivity contribution in [3.63, 3.8) is 0 Å².